The van der Waals surface area contributed by atoms with Gasteiger partial charge in [0.25, 0.3) is 0 Å². The highest BCUT2D eigenvalue weighted by Crippen LogP contribution is 2.34. The maximum absolute atomic E-state index is 5.88. The number of ether oxygens (including phenoxy) is 1. The maximum Gasteiger partial charge on any atom is 0.0931 e. The fourth-order valence-electron chi connectivity index (χ4n) is 2.53. The van der Waals surface area contributed by atoms with Gasteiger partial charge in [-0.3, -0.25) is 0 Å². The van der Waals surface area contributed by atoms with E-state index in [4.69, 9.17) is 16.3 Å². The van der Waals surface area contributed by atoms with E-state index < -0.39 is 0 Å². The normalized spacial score (nSPS) is 33.8. The molecule has 2 saturated heterocycles. The van der Waals surface area contributed by atoms with Gasteiger partial charge >= 0.3 is 0 Å². The van der Waals surface area contributed by atoms with Crippen LogP contribution in [0, 0.1) is 0 Å². The van der Waals surface area contributed by atoms with Gasteiger partial charge < -0.3 is 10.1 Å². The molecule has 0 radical (unpaired) electrons. The average molecular weight is 244 g/mol. The molecule has 2 bridgehead atoms. The van der Waals surface area contributed by atoms with Crippen molar-refractivity contribution in [2.45, 2.75) is 44.1 Å². The molecule has 2 fully saturated rings. The zero-order chi connectivity index (χ0) is 10.3. The first kappa shape index (κ1) is 10.1. The van der Waals surface area contributed by atoms with Gasteiger partial charge in [0.05, 0.1) is 16.5 Å². The lowest BCUT2D eigenvalue weighted by Gasteiger charge is -2.19. The summed E-state index contributed by atoms with van der Waals surface area (Å²) >= 11 is 7.54. The molecule has 1 aromatic rings. The van der Waals surface area contributed by atoms with E-state index in [1.54, 1.807) is 11.3 Å². The minimum absolute atomic E-state index is 0.463. The lowest BCUT2D eigenvalue weighted by Crippen LogP contribution is -2.36. The SMILES string of the molecule is Clc1ccc(CNC2CC3CCC2O3)s1. The van der Waals surface area contributed by atoms with E-state index in [0.717, 1.165) is 10.9 Å². The van der Waals surface area contributed by atoms with Crippen molar-refractivity contribution in [2.24, 2.45) is 0 Å². The number of fused-ring (bicyclic) bond motifs is 2. The summed E-state index contributed by atoms with van der Waals surface area (Å²) in [4.78, 5) is 1.31. The Morgan fingerprint density at radius 3 is 3.00 bits per heavy atom. The third-order valence-electron chi connectivity index (χ3n) is 3.27. The minimum atomic E-state index is 0.463. The fraction of sp³-hybridized carbons (Fsp3) is 0.636. The number of nitrogens with one attached hydrogen (secondary N) is 1. The van der Waals surface area contributed by atoms with Gasteiger partial charge in [0.1, 0.15) is 0 Å². The molecule has 0 saturated carbocycles. The van der Waals surface area contributed by atoms with Crippen molar-refractivity contribution in [3.05, 3.63) is 21.3 Å². The summed E-state index contributed by atoms with van der Waals surface area (Å²) in [6, 6.07) is 4.61. The highest BCUT2D eigenvalue weighted by atomic mass is 35.5. The van der Waals surface area contributed by atoms with Gasteiger partial charge in [-0.25, -0.2) is 0 Å². The lowest BCUT2D eigenvalue weighted by atomic mass is 9.95. The summed E-state index contributed by atoms with van der Waals surface area (Å²) < 4.78 is 6.66. The average Bonchev–Trinajstić information content (AvgIpc) is 2.90. The van der Waals surface area contributed by atoms with Crippen molar-refractivity contribution in [3.63, 3.8) is 0 Å². The van der Waals surface area contributed by atoms with Gasteiger partial charge in [0, 0.05) is 17.5 Å². The van der Waals surface area contributed by atoms with Crippen LogP contribution in [0.1, 0.15) is 24.1 Å². The van der Waals surface area contributed by atoms with Gasteiger partial charge in [-0.2, -0.15) is 0 Å². The second kappa shape index (κ2) is 4.06. The van der Waals surface area contributed by atoms with Crippen LogP contribution < -0.4 is 5.32 Å². The molecule has 0 amide bonds. The van der Waals surface area contributed by atoms with Gasteiger partial charge in [-0.05, 0) is 31.4 Å². The Morgan fingerprint density at radius 2 is 2.40 bits per heavy atom. The molecule has 0 aromatic carbocycles. The predicted molar refractivity (Wildman–Crippen MR) is 62.5 cm³/mol. The van der Waals surface area contributed by atoms with Crippen LogP contribution in [0.5, 0.6) is 0 Å². The Balaban J connectivity index is 1.54. The molecule has 3 unspecified atom stereocenters. The van der Waals surface area contributed by atoms with Gasteiger partial charge in [0.2, 0.25) is 0 Å². The maximum atomic E-state index is 5.88. The molecule has 4 heteroatoms. The van der Waals surface area contributed by atoms with Crippen molar-refractivity contribution >= 4 is 22.9 Å². The van der Waals surface area contributed by atoms with Crippen molar-refractivity contribution in [1.29, 1.82) is 0 Å². The van der Waals surface area contributed by atoms with E-state index in [-0.39, 0.29) is 0 Å². The third kappa shape index (κ3) is 2.07. The highest BCUT2D eigenvalue weighted by Gasteiger charge is 2.40. The summed E-state index contributed by atoms with van der Waals surface area (Å²) in [5, 5.41) is 3.57. The summed E-state index contributed by atoms with van der Waals surface area (Å²) in [5.74, 6) is 0. The van der Waals surface area contributed by atoms with Crippen LogP contribution in [0.25, 0.3) is 0 Å². The Labute approximate surface area is 98.6 Å². The van der Waals surface area contributed by atoms with Gasteiger partial charge in [0.15, 0.2) is 0 Å². The van der Waals surface area contributed by atoms with Crippen LogP contribution in [-0.4, -0.2) is 18.2 Å². The van der Waals surface area contributed by atoms with Crippen molar-refractivity contribution in [1.82, 2.24) is 5.32 Å². The largest absolute Gasteiger partial charge is 0.373 e. The Bertz CT molecular complexity index is 354. The third-order valence-corrected chi connectivity index (χ3v) is 4.50. The molecule has 3 heterocycles. The second-order valence-electron chi connectivity index (χ2n) is 4.30. The van der Waals surface area contributed by atoms with Crippen LogP contribution in [-0.2, 0) is 11.3 Å². The molecular formula is C11H14ClNOS. The Kier molecular flexibility index (Phi) is 2.73. The quantitative estimate of drug-likeness (QED) is 0.882. The smallest absolute Gasteiger partial charge is 0.0931 e. The minimum Gasteiger partial charge on any atom is -0.373 e. The number of thiophene rings is 1. The Hall–Kier alpha value is -0.0900. The standard InChI is InChI=1S/C11H14ClNOS/c12-11-4-2-8(15-11)6-13-9-5-7-1-3-10(9)14-7/h2,4,7,9-10,13H,1,3,5-6H2. The Morgan fingerprint density at radius 1 is 1.47 bits per heavy atom. The lowest BCUT2D eigenvalue weighted by molar-refractivity contribution is 0.0973. The number of rotatable bonds is 3. The van der Waals surface area contributed by atoms with Crippen LogP contribution in [0.2, 0.25) is 4.34 Å². The zero-order valence-electron chi connectivity index (χ0n) is 8.41. The first-order valence-corrected chi connectivity index (χ1v) is 6.64. The summed E-state index contributed by atoms with van der Waals surface area (Å²) in [6.07, 6.45) is 4.66. The molecule has 1 aromatic heterocycles. The first-order valence-electron chi connectivity index (χ1n) is 5.44. The molecular weight excluding hydrogens is 230 g/mol. The van der Waals surface area contributed by atoms with Crippen LogP contribution >= 0.6 is 22.9 Å². The van der Waals surface area contributed by atoms with Gasteiger partial charge in [-0.1, -0.05) is 11.6 Å². The predicted octanol–water partition coefficient (Wildman–Crippen LogP) is 2.81. The van der Waals surface area contributed by atoms with E-state index in [0.29, 0.717) is 18.2 Å². The summed E-state index contributed by atoms with van der Waals surface area (Å²) in [7, 11) is 0. The van der Waals surface area contributed by atoms with Crippen molar-refractivity contribution in [2.75, 3.05) is 0 Å². The molecule has 0 spiro atoms. The van der Waals surface area contributed by atoms with Crippen LogP contribution in [0.15, 0.2) is 12.1 Å². The van der Waals surface area contributed by atoms with Crippen LogP contribution in [0.3, 0.4) is 0 Å². The molecule has 0 aliphatic carbocycles. The van der Waals surface area contributed by atoms with E-state index in [9.17, 15) is 0 Å². The van der Waals surface area contributed by atoms with E-state index >= 15 is 0 Å². The second-order valence-corrected chi connectivity index (χ2v) is 6.10. The highest BCUT2D eigenvalue weighted by molar-refractivity contribution is 7.16. The van der Waals surface area contributed by atoms with Gasteiger partial charge in [-0.15, -0.1) is 11.3 Å². The van der Waals surface area contributed by atoms with E-state index in [2.05, 4.69) is 11.4 Å². The molecule has 3 rings (SSSR count). The molecule has 2 nitrogen and oxygen atoms in total. The van der Waals surface area contributed by atoms with E-state index in [1.807, 2.05) is 6.07 Å². The summed E-state index contributed by atoms with van der Waals surface area (Å²) in [5.41, 5.74) is 0. The molecule has 2 aliphatic heterocycles. The molecule has 2 aliphatic rings. The number of hydrogen-bond acceptors (Lipinski definition) is 3. The molecule has 1 N–H and O–H groups in total. The monoisotopic (exact) mass is 243 g/mol. The first-order chi connectivity index (χ1) is 7.31. The zero-order valence-corrected chi connectivity index (χ0v) is 9.98. The molecule has 82 valence electrons. The number of halogens is 1. The van der Waals surface area contributed by atoms with Crippen molar-refractivity contribution in [3.8, 4) is 0 Å². The topological polar surface area (TPSA) is 21.3 Å². The van der Waals surface area contributed by atoms with Crippen molar-refractivity contribution < 1.29 is 4.74 Å². The fourth-order valence-corrected chi connectivity index (χ4v) is 3.57. The van der Waals surface area contributed by atoms with E-state index in [1.165, 1.54) is 24.1 Å². The number of hydrogen-bond donors (Lipinski definition) is 1. The summed E-state index contributed by atoms with van der Waals surface area (Å²) in [6.45, 7) is 0.925. The molecule has 15 heavy (non-hydrogen) atoms. The van der Waals surface area contributed by atoms with Crippen LogP contribution in [0.4, 0.5) is 0 Å². The molecule has 3 atom stereocenters.